The van der Waals surface area contributed by atoms with Crippen LogP contribution < -0.4 is 4.90 Å². The van der Waals surface area contributed by atoms with E-state index in [9.17, 15) is 0 Å². The maximum atomic E-state index is 5.88. The third-order valence-corrected chi connectivity index (χ3v) is 3.29. The van der Waals surface area contributed by atoms with E-state index in [1.165, 1.54) is 0 Å². The largest absolute Gasteiger partial charge is 0.378 e. The van der Waals surface area contributed by atoms with Gasteiger partial charge in [0, 0.05) is 25.8 Å². The van der Waals surface area contributed by atoms with Crippen molar-refractivity contribution in [3.63, 3.8) is 0 Å². The van der Waals surface area contributed by atoms with Crippen molar-refractivity contribution in [3.8, 4) is 0 Å². The molecule has 0 amide bonds. The Morgan fingerprint density at radius 2 is 2.31 bits per heavy atom. The van der Waals surface area contributed by atoms with Crippen molar-refractivity contribution < 1.29 is 9.47 Å². The first-order valence-corrected chi connectivity index (χ1v) is 5.76. The summed E-state index contributed by atoms with van der Waals surface area (Å²) in [4.78, 5) is 6.68. The molecule has 0 saturated carbocycles. The molecule has 0 aliphatic carbocycles. The Bertz CT molecular complexity index is 349. The van der Waals surface area contributed by atoms with Gasteiger partial charge in [0.2, 0.25) is 0 Å². The number of aromatic nitrogens is 1. The first-order chi connectivity index (χ1) is 7.88. The number of morpholine rings is 1. The van der Waals surface area contributed by atoms with Gasteiger partial charge >= 0.3 is 0 Å². The zero-order valence-corrected chi connectivity index (χ0v) is 9.26. The second-order valence-corrected chi connectivity index (χ2v) is 4.44. The molecule has 0 N–H and O–H groups in total. The van der Waals surface area contributed by atoms with Crippen LogP contribution in [-0.4, -0.2) is 43.5 Å². The van der Waals surface area contributed by atoms with Gasteiger partial charge in [-0.25, -0.2) is 4.98 Å². The van der Waals surface area contributed by atoms with E-state index in [-0.39, 0.29) is 5.60 Å². The van der Waals surface area contributed by atoms with Crippen molar-refractivity contribution in [2.75, 3.05) is 37.8 Å². The third-order valence-electron chi connectivity index (χ3n) is 3.29. The van der Waals surface area contributed by atoms with E-state index < -0.39 is 0 Å². The molecule has 0 radical (unpaired) electrons. The van der Waals surface area contributed by atoms with E-state index >= 15 is 0 Å². The number of nitrogens with zero attached hydrogens (tertiary/aromatic N) is 2. The molecular formula is C12H16N2O2. The fourth-order valence-electron chi connectivity index (χ4n) is 2.41. The zero-order chi connectivity index (χ0) is 10.8. The van der Waals surface area contributed by atoms with Gasteiger partial charge in [0.25, 0.3) is 0 Å². The summed E-state index contributed by atoms with van der Waals surface area (Å²) in [7, 11) is 0. The Kier molecular flexibility index (Phi) is 2.53. The standard InChI is InChI=1S/C12H16N2O2/c1-2-5-13-11(3-1)14-6-8-16-12(9-14)4-7-15-10-12/h1-3,5H,4,6-10H2. The van der Waals surface area contributed by atoms with Crippen LogP contribution in [0.3, 0.4) is 0 Å². The Morgan fingerprint density at radius 3 is 3.06 bits per heavy atom. The van der Waals surface area contributed by atoms with Crippen molar-refractivity contribution in [2.45, 2.75) is 12.0 Å². The van der Waals surface area contributed by atoms with Gasteiger partial charge in [0.15, 0.2) is 0 Å². The predicted molar refractivity (Wildman–Crippen MR) is 60.6 cm³/mol. The molecular weight excluding hydrogens is 204 g/mol. The van der Waals surface area contributed by atoms with Gasteiger partial charge in [-0.3, -0.25) is 0 Å². The van der Waals surface area contributed by atoms with Crippen LogP contribution in [-0.2, 0) is 9.47 Å². The molecule has 2 saturated heterocycles. The lowest BCUT2D eigenvalue weighted by Gasteiger charge is -2.40. The van der Waals surface area contributed by atoms with Crippen molar-refractivity contribution >= 4 is 5.82 Å². The lowest BCUT2D eigenvalue weighted by molar-refractivity contribution is -0.0581. The molecule has 2 fully saturated rings. The lowest BCUT2D eigenvalue weighted by Crippen LogP contribution is -2.52. The summed E-state index contributed by atoms with van der Waals surface area (Å²) < 4.78 is 11.3. The van der Waals surface area contributed by atoms with Gasteiger partial charge in [0.05, 0.1) is 19.8 Å². The first-order valence-electron chi connectivity index (χ1n) is 5.76. The fourth-order valence-corrected chi connectivity index (χ4v) is 2.41. The summed E-state index contributed by atoms with van der Waals surface area (Å²) in [5.74, 6) is 1.04. The predicted octanol–water partition coefficient (Wildman–Crippen LogP) is 1.08. The zero-order valence-electron chi connectivity index (χ0n) is 9.26. The Labute approximate surface area is 95.2 Å². The van der Waals surface area contributed by atoms with E-state index in [0.29, 0.717) is 0 Å². The van der Waals surface area contributed by atoms with Gasteiger partial charge < -0.3 is 14.4 Å². The van der Waals surface area contributed by atoms with Crippen LogP contribution in [0, 0.1) is 0 Å². The number of pyridine rings is 1. The van der Waals surface area contributed by atoms with E-state index in [1.807, 2.05) is 18.3 Å². The van der Waals surface area contributed by atoms with Crippen molar-refractivity contribution in [2.24, 2.45) is 0 Å². The van der Waals surface area contributed by atoms with Gasteiger partial charge in [-0.05, 0) is 12.1 Å². The monoisotopic (exact) mass is 220 g/mol. The van der Waals surface area contributed by atoms with Gasteiger partial charge in [-0.15, -0.1) is 0 Å². The molecule has 1 aromatic heterocycles. The SMILES string of the molecule is c1ccc(N2CCOC3(CCOC3)C2)nc1. The highest BCUT2D eigenvalue weighted by atomic mass is 16.6. The molecule has 4 nitrogen and oxygen atoms in total. The molecule has 4 heteroatoms. The molecule has 2 aliphatic rings. The normalized spacial score (nSPS) is 29.9. The molecule has 1 spiro atoms. The van der Waals surface area contributed by atoms with Gasteiger partial charge in [-0.1, -0.05) is 6.07 Å². The summed E-state index contributed by atoms with van der Waals surface area (Å²) in [6.45, 7) is 4.11. The van der Waals surface area contributed by atoms with Crippen molar-refractivity contribution in [1.82, 2.24) is 4.98 Å². The average Bonchev–Trinajstić information content (AvgIpc) is 2.78. The molecule has 1 atom stereocenters. The molecule has 2 aliphatic heterocycles. The fraction of sp³-hybridized carbons (Fsp3) is 0.583. The molecule has 1 aromatic rings. The highest BCUT2D eigenvalue weighted by molar-refractivity contribution is 5.39. The summed E-state index contributed by atoms with van der Waals surface area (Å²) >= 11 is 0. The maximum Gasteiger partial charge on any atom is 0.128 e. The van der Waals surface area contributed by atoms with E-state index in [2.05, 4.69) is 16.0 Å². The summed E-state index contributed by atoms with van der Waals surface area (Å²) in [5, 5.41) is 0. The van der Waals surface area contributed by atoms with Crippen LogP contribution in [0.4, 0.5) is 5.82 Å². The average molecular weight is 220 g/mol. The number of hydrogen-bond donors (Lipinski definition) is 0. The molecule has 1 unspecified atom stereocenters. The Hall–Kier alpha value is -1.13. The van der Waals surface area contributed by atoms with Crippen LogP contribution in [0.2, 0.25) is 0 Å². The first kappa shape index (κ1) is 10.1. The number of rotatable bonds is 1. The number of ether oxygens (including phenoxy) is 2. The van der Waals surface area contributed by atoms with E-state index in [1.54, 1.807) is 0 Å². The summed E-state index contributed by atoms with van der Waals surface area (Å²) in [6, 6.07) is 6.02. The summed E-state index contributed by atoms with van der Waals surface area (Å²) in [5.41, 5.74) is -0.0875. The number of hydrogen-bond acceptors (Lipinski definition) is 4. The third kappa shape index (κ3) is 1.79. The van der Waals surface area contributed by atoms with Crippen LogP contribution >= 0.6 is 0 Å². The van der Waals surface area contributed by atoms with Crippen molar-refractivity contribution in [3.05, 3.63) is 24.4 Å². The second-order valence-electron chi connectivity index (χ2n) is 4.44. The van der Waals surface area contributed by atoms with Crippen LogP contribution in [0.1, 0.15) is 6.42 Å². The minimum atomic E-state index is -0.0875. The van der Waals surface area contributed by atoms with Gasteiger partial charge in [-0.2, -0.15) is 0 Å². The second kappa shape index (κ2) is 4.03. The van der Waals surface area contributed by atoms with Crippen LogP contribution in [0.5, 0.6) is 0 Å². The molecule has 0 bridgehead atoms. The molecule has 16 heavy (non-hydrogen) atoms. The molecule has 3 rings (SSSR count). The van der Waals surface area contributed by atoms with Gasteiger partial charge in [0.1, 0.15) is 11.4 Å². The van der Waals surface area contributed by atoms with Crippen LogP contribution in [0.15, 0.2) is 24.4 Å². The maximum absolute atomic E-state index is 5.88. The lowest BCUT2D eigenvalue weighted by atomic mass is 10.0. The quantitative estimate of drug-likeness (QED) is 0.709. The van der Waals surface area contributed by atoms with Crippen LogP contribution in [0.25, 0.3) is 0 Å². The van der Waals surface area contributed by atoms with Crippen molar-refractivity contribution in [1.29, 1.82) is 0 Å². The Balaban J connectivity index is 1.77. The molecule has 3 heterocycles. The molecule has 0 aromatic carbocycles. The van der Waals surface area contributed by atoms with E-state index in [4.69, 9.17) is 9.47 Å². The highest BCUT2D eigenvalue weighted by Gasteiger charge is 2.40. The minimum absolute atomic E-state index is 0.0875. The Morgan fingerprint density at radius 1 is 1.31 bits per heavy atom. The summed E-state index contributed by atoms with van der Waals surface area (Å²) in [6.07, 6.45) is 2.83. The van der Waals surface area contributed by atoms with E-state index in [0.717, 1.165) is 45.1 Å². The molecule has 86 valence electrons. The topological polar surface area (TPSA) is 34.6 Å². The number of anilines is 1. The highest BCUT2D eigenvalue weighted by Crippen LogP contribution is 2.29. The smallest absolute Gasteiger partial charge is 0.128 e. The minimum Gasteiger partial charge on any atom is -0.378 e.